The Labute approximate surface area is 148 Å². The molecule has 0 aliphatic carbocycles. The molecule has 2 heterocycles. The Bertz CT molecular complexity index is 881. The van der Waals surface area contributed by atoms with Crippen LogP contribution in [0.15, 0.2) is 36.4 Å². The van der Waals surface area contributed by atoms with Crippen molar-refractivity contribution in [2.75, 3.05) is 16.8 Å². The van der Waals surface area contributed by atoms with E-state index in [1.54, 1.807) is 12.1 Å². The van der Waals surface area contributed by atoms with Crippen molar-refractivity contribution in [3.05, 3.63) is 52.1 Å². The first-order valence-electron chi connectivity index (χ1n) is 7.85. The zero-order valence-corrected chi connectivity index (χ0v) is 14.1. The summed E-state index contributed by atoms with van der Waals surface area (Å²) in [6.45, 7) is 3.13. The second kappa shape index (κ2) is 6.79. The Morgan fingerprint density at radius 3 is 2.65 bits per heavy atom. The molecule has 1 N–H and O–H groups in total. The van der Waals surface area contributed by atoms with E-state index < -0.39 is 28.7 Å². The zero-order chi connectivity index (χ0) is 18.8. The maximum atomic E-state index is 12.4. The van der Waals surface area contributed by atoms with E-state index in [1.165, 1.54) is 19.1 Å². The summed E-state index contributed by atoms with van der Waals surface area (Å²) in [6, 6.07) is 9.73. The van der Waals surface area contributed by atoms with Crippen molar-refractivity contribution in [1.82, 2.24) is 4.98 Å². The van der Waals surface area contributed by atoms with Gasteiger partial charge in [-0.15, -0.1) is 0 Å². The van der Waals surface area contributed by atoms with Gasteiger partial charge in [0.1, 0.15) is 6.54 Å². The number of nitrogens with zero attached hydrogens (tertiary/aromatic N) is 3. The van der Waals surface area contributed by atoms with Crippen molar-refractivity contribution >= 4 is 29.1 Å². The summed E-state index contributed by atoms with van der Waals surface area (Å²) >= 11 is 0. The minimum atomic E-state index is -0.821. The van der Waals surface area contributed by atoms with Gasteiger partial charge >= 0.3 is 5.82 Å². The van der Waals surface area contributed by atoms with Crippen LogP contribution < -0.4 is 15.0 Å². The quantitative estimate of drug-likeness (QED) is 0.662. The van der Waals surface area contributed by atoms with Gasteiger partial charge in [-0.25, -0.2) is 0 Å². The maximum absolute atomic E-state index is 12.4. The molecule has 1 atom stereocenters. The van der Waals surface area contributed by atoms with E-state index >= 15 is 0 Å². The molecule has 2 aromatic rings. The third-order valence-electron chi connectivity index (χ3n) is 3.82. The molecule has 9 nitrogen and oxygen atoms in total. The molecule has 1 aromatic carbocycles. The smallest absolute Gasteiger partial charge is 0.366 e. The van der Waals surface area contributed by atoms with Gasteiger partial charge in [0.05, 0.1) is 0 Å². The Kier molecular flexibility index (Phi) is 4.53. The number of benzene rings is 1. The lowest BCUT2D eigenvalue weighted by Crippen LogP contribution is -2.48. The van der Waals surface area contributed by atoms with Crippen LogP contribution in [0.1, 0.15) is 12.5 Å². The van der Waals surface area contributed by atoms with Crippen LogP contribution >= 0.6 is 0 Å². The lowest BCUT2D eigenvalue weighted by atomic mass is 10.2. The average Bonchev–Trinajstić information content (AvgIpc) is 2.60. The van der Waals surface area contributed by atoms with Crippen LogP contribution in [0.2, 0.25) is 0 Å². The molecule has 9 heteroatoms. The van der Waals surface area contributed by atoms with Gasteiger partial charge in [0.25, 0.3) is 11.7 Å². The third kappa shape index (κ3) is 3.46. The predicted octanol–water partition coefficient (Wildman–Crippen LogP) is 2.05. The molecule has 134 valence electrons. The standard InChI is InChI=1S/C17H16N4O5/c1-10-3-5-12(6-4-10)18-15(22)9-20-16-13(26-11(2)17(20)23)7-8-14(19-16)21(24)25/h3-8,11H,9H2,1-2H3,(H,18,22). The fourth-order valence-corrected chi connectivity index (χ4v) is 2.51. The van der Waals surface area contributed by atoms with Crippen molar-refractivity contribution in [3.8, 4) is 5.75 Å². The topological polar surface area (TPSA) is 115 Å². The number of nitro groups is 1. The molecule has 0 bridgehead atoms. The van der Waals surface area contributed by atoms with E-state index in [9.17, 15) is 19.7 Å². The number of anilines is 2. The van der Waals surface area contributed by atoms with Crippen LogP contribution in [-0.4, -0.2) is 34.4 Å². The minimum absolute atomic E-state index is 0.0404. The van der Waals surface area contributed by atoms with Gasteiger partial charge in [0.15, 0.2) is 11.9 Å². The molecule has 0 saturated carbocycles. The third-order valence-corrected chi connectivity index (χ3v) is 3.82. The fourth-order valence-electron chi connectivity index (χ4n) is 2.51. The van der Waals surface area contributed by atoms with Gasteiger partial charge < -0.3 is 20.2 Å². The molecule has 1 aromatic heterocycles. The summed E-state index contributed by atoms with van der Waals surface area (Å²) in [4.78, 5) is 40.0. The van der Waals surface area contributed by atoms with Crippen molar-refractivity contribution in [2.45, 2.75) is 20.0 Å². The molecule has 1 aliphatic heterocycles. The summed E-state index contributed by atoms with van der Waals surface area (Å²) < 4.78 is 5.41. The summed E-state index contributed by atoms with van der Waals surface area (Å²) in [5.74, 6) is -1.20. The predicted molar refractivity (Wildman–Crippen MR) is 93.1 cm³/mol. The molecule has 0 fully saturated rings. The molecule has 26 heavy (non-hydrogen) atoms. The Hall–Kier alpha value is -3.49. The number of carbonyl (C=O) groups is 2. The number of pyridine rings is 1. The van der Waals surface area contributed by atoms with Crippen LogP contribution in [0.4, 0.5) is 17.3 Å². The van der Waals surface area contributed by atoms with E-state index in [4.69, 9.17) is 4.74 Å². The lowest BCUT2D eigenvalue weighted by molar-refractivity contribution is -0.389. The van der Waals surface area contributed by atoms with Crippen LogP contribution in [-0.2, 0) is 9.59 Å². The number of ether oxygens (including phenoxy) is 1. The van der Waals surface area contributed by atoms with E-state index in [-0.39, 0.29) is 18.1 Å². The molecule has 3 rings (SSSR count). The molecule has 1 unspecified atom stereocenters. The number of carbonyl (C=O) groups excluding carboxylic acids is 2. The molecule has 2 amide bonds. The first kappa shape index (κ1) is 17.3. The molecular formula is C17H16N4O5. The number of aryl methyl sites for hydroxylation is 1. The van der Waals surface area contributed by atoms with Gasteiger partial charge in [0.2, 0.25) is 5.91 Å². The monoisotopic (exact) mass is 356 g/mol. The maximum Gasteiger partial charge on any atom is 0.366 e. The van der Waals surface area contributed by atoms with Gasteiger partial charge in [-0.3, -0.25) is 14.5 Å². The summed E-state index contributed by atoms with van der Waals surface area (Å²) in [5.41, 5.74) is 1.63. The second-order valence-electron chi connectivity index (χ2n) is 5.85. The van der Waals surface area contributed by atoms with E-state index in [0.29, 0.717) is 5.69 Å². The van der Waals surface area contributed by atoms with E-state index in [1.807, 2.05) is 19.1 Å². The number of hydrogen-bond donors (Lipinski definition) is 1. The first-order valence-corrected chi connectivity index (χ1v) is 7.85. The normalized spacial score (nSPS) is 15.8. The first-order chi connectivity index (χ1) is 12.3. The minimum Gasteiger partial charge on any atom is -0.475 e. The molecule has 0 radical (unpaired) electrons. The van der Waals surface area contributed by atoms with E-state index in [0.717, 1.165) is 10.5 Å². The highest BCUT2D eigenvalue weighted by atomic mass is 16.6. The lowest BCUT2D eigenvalue weighted by Gasteiger charge is -2.28. The van der Waals surface area contributed by atoms with Crippen molar-refractivity contribution < 1.29 is 19.2 Å². The molecule has 0 saturated heterocycles. The SMILES string of the molecule is Cc1ccc(NC(=O)CN2C(=O)C(C)Oc3ccc([N+](=O)[O-])nc32)cc1. The number of nitrogens with one attached hydrogen (secondary N) is 1. The van der Waals surface area contributed by atoms with Crippen molar-refractivity contribution in [2.24, 2.45) is 0 Å². The van der Waals surface area contributed by atoms with Crippen LogP contribution in [0.5, 0.6) is 5.75 Å². The highest BCUT2D eigenvalue weighted by Crippen LogP contribution is 2.33. The highest BCUT2D eigenvalue weighted by molar-refractivity contribution is 6.05. The number of amides is 2. The highest BCUT2D eigenvalue weighted by Gasteiger charge is 2.37. The average molecular weight is 356 g/mol. The Morgan fingerprint density at radius 2 is 2.00 bits per heavy atom. The van der Waals surface area contributed by atoms with Gasteiger partial charge in [-0.05, 0) is 42.0 Å². The van der Waals surface area contributed by atoms with Gasteiger partial charge in [-0.2, -0.15) is 0 Å². The largest absolute Gasteiger partial charge is 0.475 e. The fraction of sp³-hybridized carbons (Fsp3) is 0.235. The number of fused-ring (bicyclic) bond motifs is 1. The molecular weight excluding hydrogens is 340 g/mol. The van der Waals surface area contributed by atoms with Gasteiger partial charge in [0, 0.05) is 11.8 Å². The number of rotatable bonds is 4. The van der Waals surface area contributed by atoms with Crippen molar-refractivity contribution in [3.63, 3.8) is 0 Å². The Balaban J connectivity index is 1.85. The zero-order valence-electron chi connectivity index (χ0n) is 14.1. The van der Waals surface area contributed by atoms with E-state index in [2.05, 4.69) is 10.3 Å². The summed E-state index contributed by atoms with van der Waals surface area (Å²) in [5, 5.41) is 13.6. The second-order valence-corrected chi connectivity index (χ2v) is 5.85. The van der Waals surface area contributed by atoms with Crippen LogP contribution in [0, 0.1) is 17.0 Å². The molecule has 0 spiro atoms. The summed E-state index contributed by atoms with van der Waals surface area (Å²) in [7, 11) is 0. The van der Waals surface area contributed by atoms with Crippen LogP contribution in [0.25, 0.3) is 0 Å². The number of hydrogen-bond acceptors (Lipinski definition) is 6. The van der Waals surface area contributed by atoms with Crippen LogP contribution in [0.3, 0.4) is 0 Å². The number of aromatic nitrogens is 1. The molecule has 1 aliphatic rings. The Morgan fingerprint density at radius 1 is 1.31 bits per heavy atom. The summed E-state index contributed by atoms with van der Waals surface area (Å²) in [6.07, 6.45) is -0.821. The van der Waals surface area contributed by atoms with Crippen molar-refractivity contribution in [1.29, 1.82) is 0 Å². The van der Waals surface area contributed by atoms with Gasteiger partial charge in [-0.1, -0.05) is 17.7 Å².